The van der Waals surface area contributed by atoms with Crippen LogP contribution in [0.3, 0.4) is 0 Å². The van der Waals surface area contributed by atoms with Crippen LogP contribution in [0.1, 0.15) is 82.4 Å². The quantitative estimate of drug-likeness (QED) is 0.264. The van der Waals surface area contributed by atoms with Gasteiger partial charge in [0.15, 0.2) is 0 Å². The maximum Gasteiger partial charge on any atom is 0.537 e. The molecule has 0 radical (unpaired) electrons. The van der Waals surface area contributed by atoms with Crippen LogP contribution >= 0.6 is 0 Å². The highest BCUT2D eigenvalue weighted by Crippen LogP contribution is 2.38. The van der Waals surface area contributed by atoms with E-state index in [1.165, 1.54) is 58.5 Å². The molecule has 0 amide bonds. The zero-order valence-electron chi connectivity index (χ0n) is 21.0. The van der Waals surface area contributed by atoms with Crippen LogP contribution in [0.15, 0.2) is 48.8 Å². The van der Waals surface area contributed by atoms with Crippen molar-refractivity contribution < 1.29 is 4.57 Å². The Hall–Kier alpha value is -2.49. The molecule has 4 rings (SSSR count). The SMILES string of the molecule is CCCCCN1B(c2c(C(C)C)cccc2C(C)C)n2cc[n+](C)c2-c2c(C)cccc21. The Labute approximate surface area is 195 Å². The monoisotopic (exact) mass is 428 g/mol. The first-order valence-corrected chi connectivity index (χ1v) is 12.4. The Bertz CT molecular complexity index is 1070. The number of aryl methyl sites for hydroxylation is 2. The highest BCUT2D eigenvalue weighted by Gasteiger charge is 2.46. The fourth-order valence-electron chi connectivity index (χ4n) is 5.44. The van der Waals surface area contributed by atoms with E-state index < -0.39 is 0 Å². The molecule has 1 aromatic heterocycles. The van der Waals surface area contributed by atoms with Crippen molar-refractivity contribution in [1.82, 2.24) is 4.48 Å². The Morgan fingerprint density at radius 1 is 0.938 bits per heavy atom. The number of nitrogens with zero attached hydrogens (tertiary/aromatic N) is 3. The lowest BCUT2D eigenvalue weighted by Crippen LogP contribution is -2.59. The zero-order valence-corrected chi connectivity index (χ0v) is 21.0. The Morgan fingerprint density at radius 2 is 1.59 bits per heavy atom. The molecular formula is C28H39BN3+. The molecule has 0 spiro atoms. The molecule has 2 heterocycles. The highest BCUT2D eigenvalue weighted by atomic mass is 15.2. The molecule has 0 bridgehead atoms. The molecule has 1 aliphatic heterocycles. The van der Waals surface area contributed by atoms with Crippen LogP contribution in [0.2, 0.25) is 0 Å². The summed E-state index contributed by atoms with van der Waals surface area (Å²) in [6.45, 7) is 15.1. The lowest BCUT2D eigenvalue weighted by Gasteiger charge is -2.36. The van der Waals surface area contributed by atoms with Crippen molar-refractivity contribution in [2.45, 2.75) is 72.6 Å². The second-order valence-corrected chi connectivity index (χ2v) is 10.0. The Morgan fingerprint density at radius 3 is 2.22 bits per heavy atom. The van der Waals surface area contributed by atoms with Crippen molar-refractivity contribution >= 4 is 18.1 Å². The summed E-state index contributed by atoms with van der Waals surface area (Å²) in [5.74, 6) is 2.27. The molecule has 3 aromatic rings. The molecule has 0 atom stereocenters. The number of imidazole rings is 1. The minimum atomic E-state index is 0.174. The minimum absolute atomic E-state index is 0.174. The highest BCUT2D eigenvalue weighted by molar-refractivity contribution is 6.77. The molecule has 4 heteroatoms. The summed E-state index contributed by atoms with van der Waals surface area (Å²) < 4.78 is 4.84. The Kier molecular flexibility index (Phi) is 6.51. The van der Waals surface area contributed by atoms with E-state index in [9.17, 15) is 0 Å². The minimum Gasteiger partial charge on any atom is -0.369 e. The van der Waals surface area contributed by atoms with Crippen LogP contribution in [-0.4, -0.2) is 18.0 Å². The van der Waals surface area contributed by atoms with Gasteiger partial charge in [-0.25, -0.2) is 4.57 Å². The molecule has 168 valence electrons. The normalized spacial score (nSPS) is 13.2. The average Bonchev–Trinajstić information content (AvgIpc) is 3.14. The molecule has 1 aliphatic rings. The number of anilines is 1. The summed E-state index contributed by atoms with van der Waals surface area (Å²) in [6.07, 6.45) is 8.23. The lowest BCUT2D eigenvalue weighted by molar-refractivity contribution is -0.659. The van der Waals surface area contributed by atoms with Gasteiger partial charge in [0.1, 0.15) is 12.4 Å². The first kappa shape index (κ1) is 22.7. The number of aromatic nitrogens is 2. The summed E-state index contributed by atoms with van der Waals surface area (Å²) in [7, 11) is 2.18. The lowest BCUT2D eigenvalue weighted by atomic mass is 9.57. The fourth-order valence-corrected chi connectivity index (χ4v) is 5.44. The molecule has 2 aromatic carbocycles. The predicted octanol–water partition coefficient (Wildman–Crippen LogP) is 5.79. The molecule has 0 fully saturated rings. The second kappa shape index (κ2) is 9.17. The van der Waals surface area contributed by atoms with E-state index in [2.05, 4.69) is 111 Å². The van der Waals surface area contributed by atoms with Crippen LogP contribution in [0.25, 0.3) is 11.4 Å². The van der Waals surface area contributed by atoms with Crippen molar-refractivity contribution in [1.29, 1.82) is 0 Å². The maximum atomic E-state index is 2.69. The van der Waals surface area contributed by atoms with Gasteiger partial charge in [0.05, 0.1) is 12.6 Å². The van der Waals surface area contributed by atoms with Gasteiger partial charge in [-0.2, -0.15) is 0 Å². The van der Waals surface area contributed by atoms with Crippen molar-refractivity contribution in [3.05, 3.63) is 65.5 Å². The van der Waals surface area contributed by atoms with Crippen molar-refractivity contribution in [3.63, 3.8) is 0 Å². The first-order valence-electron chi connectivity index (χ1n) is 12.4. The largest absolute Gasteiger partial charge is 0.537 e. The Balaban J connectivity index is 2.03. The van der Waals surface area contributed by atoms with Gasteiger partial charge in [-0.1, -0.05) is 77.8 Å². The second-order valence-electron chi connectivity index (χ2n) is 10.0. The molecular weight excluding hydrogens is 389 g/mol. The van der Waals surface area contributed by atoms with Crippen molar-refractivity contribution in [2.24, 2.45) is 7.05 Å². The van der Waals surface area contributed by atoms with Gasteiger partial charge in [0, 0.05) is 17.7 Å². The van der Waals surface area contributed by atoms with Gasteiger partial charge >= 0.3 is 6.98 Å². The molecule has 32 heavy (non-hydrogen) atoms. The number of fused-ring (bicyclic) bond motifs is 3. The predicted molar refractivity (Wildman–Crippen MR) is 138 cm³/mol. The van der Waals surface area contributed by atoms with E-state index in [4.69, 9.17) is 0 Å². The van der Waals surface area contributed by atoms with E-state index in [0.29, 0.717) is 11.8 Å². The van der Waals surface area contributed by atoms with Crippen molar-refractivity contribution in [2.75, 3.05) is 11.4 Å². The summed E-state index contributed by atoms with van der Waals surface area (Å²) in [6, 6.07) is 13.8. The summed E-state index contributed by atoms with van der Waals surface area (Å²) in [5.41, 5.74) is 8.54. The number of rotatable bonds is 7. The molecule has 0 saturated carbocycles. The van der Waals surface area contributed by atoms with Crippen molar-refractivity contribution in [3.8, 4) is 11.4 Å². The third kappa shape index (κ3) is 3.78. The number of benzene rings is 2. The number of hydrogen-bond acceptors (Lipinski definition) is 1. The van der Waals surface area contributed by atoms with E-state index in [-0.39, 0.29) is 6.98 Å². The molecule has 0 N–H and O–H groups in total. The van der Waals surface area contributed by atoms with Gasteiger partial charge in [0.25, 0.3) is 5.82 Å². The summed E-state index contributed by atoms with van der Waals surface area (Å²) in [4.78, 5) is 2.69. The number of hydrogen-bond donors (Lipinski definition) is 0. The van der Waals surface area contributed by atoms with E-state index in [0.717, 1.165) is 6.54 Å². The van der Waals surface area contributed by atoms with Crippen LogP contribution in [0.4, 0.5) is 5.69 Å². The smallest absolute Gasteiger partial charge is 0.369 e. The molecule has 0 unspecified atom stereocenters. The van der Waals surface area contributed by atoms with E-state index in [1.807, 2.05) is 0 Å². The van der Waals surface area contributed by atoms with Gasteiger partial charge < -0.3 is 4.81 Å². The van der Waals surface area contributed by atoms with Gasteiger partial charge in [-0.05, 0) is 47.9 Å². The third-order valence-electron chi connectivity index (χ3n) is 7.05. The topological polar surface area (TPSA) is 12.1 Å². The molecule has 0 aliphatic carbocycles. The van der Waals surface area contributed by atoms with Crippen LogP contribution in [-0.2, 0) is 7.05 Å². The van der Waals surface area contributed by atoms with Gasteiger partial charge in [0.2, 0.25) is 0 Å². The standard InChI is InChI=1S/C28H39BN3/c1-8-9-10-17-31-25-16-11-13-22(6)26(25)28-30(7)18-19-32(28)29(31)27-23(20(2)3)14-12-15-24(27)21(4)5/h11-16,18-21H,8-10,17H2,1-7H3/q+1. The van der Waals surface area contributed by atoms with Crippen LogP contribution in [0.5, 0.6) is 0 Å². The average molecular weight is 428 g/mol. The van der Waals surface area contributed by atoms with E-state index >= 15 is 0 Å². The van der Waals surface area contributed by atoms with Gasteiger partial charge in [-0.3, -0.25) is 4.48 Å². The van der Waals surface area contributed by atoms with Crippen LogP contribution in [0, 0.1) is 6.92 Å². The number of unbranched alkanes of at least 4 members (excludes halogenated alkanes) is 2. The van der Waals surface area contributed by atoms with E-state index in [1.54, 1.807) is 0 Å². The maximum absolute atomic E-state index is 2.69. The molecule has 3 nitrogen and oxygen atoms in total. The van der Waals surface area contributed by atoms with Gasteiger partial charge in [-0.15, -0.1) is 0 Å². The summed E-state index contributed by atoms with van der Waals surface area (Å²) >= 11 is 0. The summed E-state index contributed by atoms with van der Waals surface area (Å²) in [5, 5.41) is 0. The fraction of sp³-hybridized carbons (Fsp3) is 0.464. The first-order chi connectivity index (χ1) is 15.4. The zero-order chi connectivity index (χ0) is 23.0. The molecule has 0 saturated heterocycles. The third-order valence-corrected chi connectivity index (χ3v) is 7.05. The van der Waals surface area contributed by atoms with Crippen LogP contribution < -0.4 is 14.8 Å².